The SMILES string of the molecule is C[C@]1(C(=O)N2CCC3(CCC(=O)N(CCc4ccccn4)C3)CC2)CCCO1. The Morgan fingerprint density at radius 2 is 2.04 bits per heavy atom. The van der Waals surface area contributed by atoms with Gasteiger partial charge in [0.05, 0.1) is 0 Å². The minimum atomic E-state index is -0.623. The van der Waals surface area contributed by atoms with Crippen molar-refractivity contribution in [2.75, 3.05) is 32.8 Å². The molecule has 4 heterocycles. The highest BCUT2D eigenvalue weighted by Crippen LogP contribution is 2.41. The summed E-state index contributed by atoms with van der Waals surface area (Å²) in [5.41, 5.74) is 0.564. The summed E-state index contributed by atoms with van der Waals surface area (Å²) in [6.45, 7) is 5.72. The van der Waals surface area contributed by atoms with Gasteiger partial charge < -0.3 is 14.5 Å². The Labute approximate surface area is 167 Å². The summed E-state index contributed by atoms with van der Waals surface area (Å²) in [5, 5.41) is 0. The summed E-state index contributed by atoms with van der Waals surface area (Å²) in [5.74, 6) is 0.408. The fourth-order valence-corrected chi connectivity index (χ4v) is 4.98. The Balaban J connectivity index is 1.34. The zero-order valence-electron chi connectivity index (χ0n) is 16.9. The molecule has 1 aromatic heterocycles. The molecule has 3 aliphatic rings. The van der Waals surface area contributed by atoms with E-state index in [1.807, 2.05) is 34.9 Å². The number of rotatable bonds is 4. The van der Waals surface area contributed by atoms with E-state index in [4.69, 9.17) is 4.74 Å². The normalized spacial score (nSPS) is 27.4. The average Bonchev–Trinajstić information content (AvgIpc) is 3.17. The van der Waals surface area contributed by atoms with E-state index in [-0.39, 0.29) is 17.2 Å². The first kappa shape index (κ1) is 19.4. The Hall–Kier alpha value is -1.95. The van der Waals surface area contributed by atoms with Gasteiger partial charge in [-0.1, -0.05) is 6.07 Å². The van der Waals surface area contributed by atoms with E-state index < -0.39 is 5.60 Å². The quantitative estimate of drug-likeness (QED) is 0.799. The topological polar surface area (TPSA) is 62.7 Å². The number of pyridine rings is 1. The number of aromatic nitrogens is 1. The largest absolute Gasteiger partial charge is 0.365 e. The Bertz CT molecular complexity index is 707. The van der Waals surface area contributed by atoms with Crippen molar-refractivity contribution in [1.29, 1.82) is 0 Å². The summed E-state index contributed by atoms with van der Waals surface area (Å²) in [6.07, 6.45) is 7.90. The standard InChI is InChI=1S/C22H31N3O3/c1-21(8-4-16-28-21)20(27)24-14-10-22(11-15-24)9-6-19(26)25(17-22)13-7-18-5-2-3-12-23-18/h2-3,5,12H,4,6-11,13-17H2,1H3/t21-/m1/s1. The van der Waals surface area contributed by atoms with Crippen LogP contribution in [0, 0.1) is 5.41 Å². The van der Waals surface area contributed by atoms with Crippen LogP contribution < -0.4 is 0 Å². The third-order valence-corrected chi connectivity index (χ3v) is 6.89. The third kappa shape index (κ3) is 3.93. The minimum absolute atomic E-state index is 0.152. The monoisotopic (exact) mass is 385 g/mol. The third-order valence-electron chi connectivity index (χ3n) is 6.89. The Kier molecular flexibility index (Phi) is 5.41. The van der Waals surface area contributed by atoms with Gasteiger partial charge in [0.25, 0.3) is 5.91 Å². The lowest BCUT2D eigenvalue weighted by Crippen LogP contribution is -2.55. The number of amides is 2. The van der Waals surface area contributed by atoms with Crippen molar-refractivity contribution in [3.63, 3.8) is 0 Å². The average molecular weight is 386 g/mol. The Morgan fingerprint density at radius 1 is 1.21 bits per heavy atom. The van der Waals surface area contributed by atoms with Crippen LogP contribution in [0.2, 0.25) is 0 Å². The van der Waals surface area contributed by atoms with Crippen molar-refractivity contribution in [2.24, 2.45) is 5.41 Å². The van der Waals surface area contributed by atoms with Crippen LogP contribution in [0.15, 0.2) is 24.4 Å². The molecule has 152 valence electrons. The van der Waals surface area contributed by atoms with Crippen LogP contribution in [-0.4, -0.2) is 65.0 Å². The number of hydrogen-bond acceptors (Lipinski definition) is 4. The van der Waals surface area contributed by atoms with Crippen molar-refractivity contribution in [3.8, 4) is 0 Å². The first-order valence-corrected chi connectivity index (χ1v) is 10.6. The lowest BCUT2D eigenvalue weighted by molar-refractivity contribution is -0.155. The second-order valence-electron chi connectivity index (χ2n) is 8.86. The second kappa shape index (κ2) is 7.82. The van der Waals surface area contributed by atoms with Crippen LogP contribution in [0.4, 0.5) is 0 Å². The van der Waals surface area contributed by atoms with Crippen LogP contribution in [-0.2, 0) is 20.7 Å². The maximum absolute atomic E-state index is 12.9. The summed E-state index contributed by atoms with van der Waals surface area (Å²) in [7, 11) is 0. The molecular weight excluding hydrogens is 354 g/mol. The first-order valence-electron chi connectivity index (χ1n) is 10.6. The van der Waals surface area contributed by atoms with Crippen molar-refractivity contribution < 1.29 is 14.3 Å². The van der Waals surface area contributed by atoms with E-state index in [0.717, 1.165) is 70.4 Å². The van der Waals surface area contributed by atoms with Gasteiger partial charge in [-0.05, 0) is 56.6 Å². The second-order valence-corrected chi connectivity index (χ2v) is 8.86. The van der Waals surface area contributed by atoms with Crippen molar-refractivity contribution in [3.05, 3.63) is 30.1 Å². The molecule has 0 N–H and O–H groups in total. The molecule has 3 fully saturated rings. The van der Waals surface area contributed by atoms with E-state index in [1.165, 1.54) is 0 Å². The van der Waals surface area contributed by atoms with Crippen LogP contribution in [0.3, 0.4) is 0 Å². The number of likely N-dealkylation sites (tertiary alicyclic amines) is 2. The molecule has 0 unspecified atom stereocenters. The molecule has 0 saturated carbocycles. The Morgan fingerprint density at radius 3 is 2.71 bits per heavy atom. The number of ether oxygens (including phenoxy) is 1. The highest BCUT2D eigenvalue weighted by Gasteiger charge is 2.45. The fourth-order valence-electron chi connectivity index (χ4n) is 4.98. The smallest absolute Gasteiger partial charge is 0.254 e. The molecule has 1 aromatic rings. The van der Waals surface area contributed by atoms with Crippen LogP contribution >= 0.6 is 0 Å². The van der Waals surface area contributed by atoms with E-state index >= 15 is 0 Å². The summed E-state index contributed by atoms with van der Waals surface area (Å²) in [4.78, 5) is 33.7. The summed E-state index contributed by atoms with van der Waals surface area (Å²) in [6, 6.07) is 5.92. The summed E-state index contributed by atoms with van der Waals surface area (Å²) < 4.78 is 5.75. The molecule has 4 rings (SSSR count). The minimum Gasteiger partial charge on any atom is -0.365 e. The van der Waals surface area contributed by atoms with Gasteiger partial charge >= 0.3 is 0 Å². The highest BCUT2D eigenvalue weighted by molar-refractivity contribution is 5.85. The van der Waals surface area contributed by atoms with Gasteiger partial charge in [0.2, 0.25) is 5.91 Å². The van der Waals surface area contributed by atoms with Gasteiger partial charge in [-0.2, -0.15) is 0 Å². The van der Waals surface area contributed by atoms with Gasteiger partial charge in [-0.3, -0.25) is 14.6 Å². The van der Waals surface area contributed by atoms with Gasteiger partial charge in [0.1, 0.15) is 5.60 Å². The molecule has 28 heavy (non-hydrogen) atoms. The molecule has 3 saturated heterocycles. The molecule has 0 aromatic carbocycles. The van der Waals surface area contributed by atoms with Gasteiger partial charge in [0.15, 0.2) is 0 Å². The number of piperidine rings is 2. The zero-order valence-corrected chi connectivity index (χ0v) is 16.9. The number of hydrogen-bond donors (Lipinski definition) is 0. The maximum atomic E-state index is 12.9. The van der Waals surface area contributed by atoms with E-state index in [1.54, 1.807) is 6.20 Å². The molecule has 0 bridgehead atoms. The van der Waals surface area contributed by atoms with Crippen molar-refractivity contribution in [1.82, 2.24) is 14.8 Å². The number of carbonyl (C=O) groups excluding carboxylic acids is 2. The lowest BCUT2D eigenvalue weighted by Gasteiger charge is -2.48. The molecule has 3 aliphatic heterocycles. The molecule has 2 amide bonds. The van der Waals surface area contributed by atoms with Crippen LogP contribution in [0.5, 0.6) is 0 Å². The number of nitrogens with zero attached hydrogens (tertiary/aromatic N) is 3. The van der Waals surface area contributed by atoms with Gasteiger partial charge in [-0.15, -0.1) is 0 Å². The number of carbonyl (C=O) groups is 2. The van der Waals surface area contributed by atoms with E-state index in [9.17, 15) is 9.59 Å². The molecule has 6 nitrogen and oxygen atoms in total. The van der Waals surface area contributed by atoms with Crippen molar-refractivity contribution in [2.45, 2.75) is 57.5 Å². The molecule has 0 aliphatic carbocycles. The van der Waals surface area contributed by atoms with Gasteiger partial charge in [0, 0.05) is 57.5 Å². The molecule has 0 radical (unpaired) electrons. The predicted octanol–water partition coefficient (Wildman–Crippen LogP) is 2.42. The van der Waals surface area contributed by atoms with Gasteiger partial charge in [-0.25, -0.2) is 0 Å². The zero-order chi connectivity index (χ0) is 19.6. The van der Waals surface area contributed by atoms with E-state index in [0.29, 0.717) is 13.0 Å². The molecule has 1 spiro atoms. The molecule has 6 heteroatoms. The lowest BCUT2D eigenvalue weighted by atomic mass is 9.72. The van der Waals surface area contributed by atoms with Crippen molar-refractivity contribution >= 4 is 11.8 Å². The molecular formula is C22H31N3O3. The van der Waals surface area contributed by atoms with Crippen LogP contribution in [0.1, 0.15) is 51.1 Å². The van der Waals surface area contributed by atoms with E-state index in [2.05, 4.69) is 4.98 Å². The molecule has 1 atom stereocenters. The summed E-state index contributed by atoms with van der Waals surface area (Å²) >= 11 is 0. The van der Waals surface area contributed by atoms with Crippen LogP contribution in [0.25, 0.3) is 0 Å². The predicted molar refractivity (Wildman–Crippen MR) is 106 cm³/mol. The highest BCUT2D eigenvalue weighted by atomic mass is 16.5. The fraction of sp³-hybridized carbons (Fsp3) is 0.682. The first-order chi connectivity index (χ1) is 13.5. The maximum Gasteiger partial charge on any atom is 0.254 e.